The molecule has 19 heavy (non-hydrogen) atoms. The summed E-state index contributed by atoms with van der Waals surface area (Å²) in [6.07, 6.45) is 1.31. The van der Waals surface area contributed by atoms with E-state index in [0.29, 0.717) is 6.54 Å². The summed E-state index contributed by atoms with van der Waals surface area (Å²) in [5.41, 5.74) is -0.116. The molecule has 2 aromatic heterocycles. The third kappa shape index (κ3) is 2.55. The van der Waals surface area contributed by atoms with Gasteiger partial charge in [0.25, 0.3) is 5.56 Å². The largest absolute Gasteiger partial charge is 0.331 e. The molecule has 2 heterocycles. The number of thiophene rings is 1. The Hall–Kier alpha value is -1.65. The van der Waals surface area contributed by atoms with Gasteiger partial charge in [-0.1, -0.05) is 0 Å². The molecule has 98 valence electrons. The van der Waals surface area contributed by atoms with Gasteiger partial charge in [-0.05, 0) is 33.8 Å². The lowest BCUT2D eigenvalue weighted by Crippen LogP contribution is -2.40. The molecule has 0 fully saturated rings. The van der Waals surface area contributed by atoms with Crippen molar-refractivity contribution in [1.82, 2.24) is 9.13 Å². The molecule has 0 bridgehead atoms. The maximum absolute atomic E-state index is 12.1. The molecule has 0 aliphatic rings. The SMILES string of the molecule is CCn1cc(C#N)c(=O)n(Cc2cscc2Br)c1=O. The molecule has 0 saturated carbocycles. The zero-order valence-electron chi connectivity index (χ0n) is 10.1. The van der Waals surface area contributed by atoms with Crippen molar-refractivity contribution >= 4 is 27.3 Å². The number of halogens is 1. The summed E-state index contributed by atoms with van der Waals surface area (Å²) in [4.78, 5) is 24.2. The molecule has 0 radical (unpaired) electrons. The van der Waals surface area contributed by atoms with Crippen molar-refractivity contribution < 1.29 is 0 Å². The number of aromatic nitrogens is 2. The lowest BCUT2D eigenvalue weighted by Gasteiger charge is -2.08. The topological polar surface area (TPSA) is 67.8 Å². The van der Waals surface area contributed by atoms with Gasteiger partial charge in [0, 0.05) is 22.6 Å². The van der Waals surface area contributed by atoms with E-state index in [1.807, 2.05) is 16.8 Å². The first-order chi connectivity index (χ1) is 9.08. The quantitative estimate of drug-likeness (QED) is 0.855. The van der Waals surface area contributed by atoms with Crippen LogP contribution >= 0.6 is 27.3 Å². The molecule has 0 aliphatic carbocycles. The van der Waals surface area contributed by atoms with Crippen molar-refractivity contribution in [1.29, 1.82) is 5.26 Å². The summed E-state index contributed by atoms with van der Waals surface area (Å²) in [6, 6.07) is 1.83. The monoisotopic (exact) mass is 339 g/mol. The Labute approximate surface area is 121 Å². The second kappa shape index (κ2) is 5.55. The summed E-state index contributed by atoms with van der Waals surface area (Å²) < 4.78 is 3.31. The average molecular weight is 340 g/mol. The maximum atomic E-state index is 12.1. The zero-order valence-corrected chi connectivity index (χ0v) is 12.5. The summed E-state index contributed by atoms with van der Waals surface area (Å²) in [5, 5.41) is 12.7. The highest BCUT2D eigenvalue weighted by molar-refractivity contribution is 9.10. The van der Waals surface area contributed by atoms with E-state index in [4.69, 9.17) is 5.26 Å². The van der Waals surface area contributed by atoms with Crippen molar-refractivity contribution in [2.24, 2.45) is 0 Å². The van der Waals surface area contributed by atoms with Crippen LogP contribution in [0.25, 0.3) is 0 Å². The molecule has 0 saturated heterocycles. The summed E-state index contributed by atoms with van der Waals surface area (Å²) >= 11 is 4.85. The highest BCUT2D eigenvalue weighted by atomic mass is 79.9. The van der Waals surface area contributed by atoms with E-state index < -0.39 is 11.2 Å². The third-order valence-electron chi connectivity index (χ3n) is 2.72. The molecule has 0 N–H and O–H groups in total. The second-order valence-corrected chi connectivity index (χ2v) is 5.46. The fourth-order valence-corrected chi connectivity index (χ4v) is 3.11. The molecule has 0 spiro atoms. The highest BCUT2D eigenvalue weighted by Gasteiger charge is 2.12. The smallest absolute Gasteiger partial charge is 0.299 e. The second-order valence-electron chi connectivity index (χ2n) is 3.86. The van der Waals surface area contributed by atoms with E-state index in [0.717, 1.165) is 14.6 Å². The Balaban J connectivity index is 2.63. The van der Waals surface area contributed by atoms with Crippen LogP contribution in [0.1, 0.15) is 18.1 Å². The van der Waals surface area contributed by atoms with Crippen LogP contribution in [0.3, 0.4) is 0 Å². The first-order valence-electron chi connectivity index (χ1n) is 5.53. The van der Waals surface area contributed by atoms with Crippen LogP contribution < -0.4 is 11.2 Å². The van der Waals surface area contributed by atoms with Gasteiger partial charge in [0.1, 0.15) is 11.6 Å². The van der Waals surface area contributed by atoms with E-state index in [1.165, 1.54) is 22.1 Å². The van der Waals surface area contributed by atoms with Crippen LogP contribution in [-0.2, 0) is 13.1 Å². The molecule has 0 unspecified atom stereocenters. The zero-order chi connectivity index (χ0) is 14.0. The fourth-order valence-electron chi connectivity index (χ4n) is 1.69. The minimum atomic E-state index is -0.546. The van der Waals surface area contributed by atoms with Crippen molar-refractivity contribution in [2.75, 3.05) is 0 Å². The van der Waals surface area contributed by atoms with Crippen molar-refractivity contribution in [3.8, 4) is 6.07 Å². The summed E-state index contributed by atoms with van der Waals surface area (Å²) in [5.74, 6) is 0. The van der Waals surface area contributed by atoms with Crippen molar-refractivity contribution in [3.05, 3.63) is 53.4 Å². The first-order valence-corrected chi connectivity index (χ1v) is 7.27. The third-order valence-corrected chi connectivity index (χ3v) is 4.55. The molecule has 5 nitrogen and oxygen atoms in total. The number of hydrogen-bond donors (Lipinski definition) is 0. The average Bonchev–Trinajstić information content (AvgIpc) is 2.80. The molecule has 0 amide bonds. The minimum Gasteiger partial charge on any atom is -0.299 e. The number of nitrogens with zero attached hydrogens (tertiary/aromatic N) is 3. The highest BCUT2D eigenvalue weighted by Crippen LogP contribution is 2.21. The van der Waals surface area contributed by atoms with E-state index in [2.05, 4.69) is 15.9 Å². The number of nitriles is 1. The lowest BCUT2D eigenvalue weighted by atomic mass is 10.3. The first kappa shape index (κ1) is 13.8. The van der Waals surface area contributed by atoms with Gasteiger partial charge in [-0.2, -0.15) is 16.6 Å². The Kier molecular flexibility index (Phi) is 4.02. The number of aryl methyl sites for hydroxylation is 1. The normalized spacial score (nSPS) is 10.4. The van der Waals surface area contributed by atoms with Crippen LogP contribution in [0.5, 0.6) is 0 Å². The molecule has 0 aliphatic heterocycles. The van der Waals surface area contributed by atoms with Crippen LogP contribution in [-0.4, -0.2) is 9.13 Å². The van der Waals surface area contributed by atoms with Crippen LogP contribution in [0, 0.1) is 11.3 Å². The van der Waals surface area contributed by atoms with Crippen LogP contribution in [0.2, 0.25) is 0 Å². The molecule has 7 heteroatoms. The number of rotatable bonds is 3. The van der Waals surface area contributed by atoms with Gasteiger partial charge in [0.15, 0.2) is 0 Å². The van der Waals surface area contributed by atoms with Gasteiger partial charge >= 0.3 is 5.69 Å². The maximum Gasteiger partial charge on any atom is 0.331 e. The van der Waals surface area contributed by atoms with E-state index in [-0.39, 0.29) is 12.1 Å². The molecule has 0 atom stereocenters. The Morgan fingerprint density at radius 1 is 1.42 bits per heavy atom. The van der Waals surface area contributed by atoms with Gasteiger partial charge in [0.2, 0.25) is 0 Å². The van der Waals surface area contributed by atoms with E-state index in [1.54, 1.807) is 6.92 Å². The number of hydrogen-bond acceptors (Lipinski definition) is 4. The van der Waals surface area contributed by atoms with Crippen molar-refractivity contribution in [3.63, 3.8) is 0 Å². The molecule has 0 aromatic carbocycles. The van der Waals surface area contributed by atoms with Gasteiger partial charge in [-0.3, -0.25) is 13.9 Å². The Morgan fingerprint density at radius 2 is 2.16 bits per heavy atom. The predicted octanol–water partition coefficient (Wildman–Crippen LogP) is 1.77. The van der Waals surface area contributed by atoms with Gasteiger partial charge < -0.3 is 0 Å². The van der Waals surface area contributed by atoms with Crippen LogP contribution in [0.4, 0.5) is 0 Å². The molecule has 2 aromatic rings. The molecule has 2 rings (SSSR count). The van der Waals surface area contributed by atoms with Gasteiger partial charge in [-0.15, -0.1) is 0 Å². The molecular weight excluding hydrogens is 330 g/mol. The Morgan fingerprint density at radius 3 is 2.68 bits per heavy atom. The Bertz CT molecular complexity index is 767. The standard InChI is InChI=1S/C12H10BrN3O2S/c1-2-15-4-8(3-14)11(17)16(12(15)18)5-9-6-19-7-10(9)13/h4,6-7H,2,5H2,1H3. The van der Waals surface area contributed by atoms with Gasteiger partial charge in [0.05, 0.1) is 6.54 Å². The summed E-state index contributed by atoms with van der Waals surface area (Å²) in [7, 11) is 0. The fraction of sp³-hybridized carbons (Fsp3) is 0.250. The summed E-state index contributed by atoms with van der Waals surface area (Å²) in [6.45, 7) is 2.37. The van der Waals surface area contributed by atoms with Crippen LogP contribution in [0.15, 0.2) is 31.0 Å². The van der Waals surface area contributed by atoms with Gasteiger partial charge in [-0.25, -0.2) is 4.79 Å². The van der Waals surface area contributed by atoms with Crippen molar-refractivity contribution in [2.45, 2.75) is 20.0 Å². The van der Waals surface area contributed by atoms with E-state index >= 15 is 0 Å². The van der Waals surface area contributed by atoms with E-state index in [9.17, 15) is 9.59 Å². The minimum absolute atomic E-state index is 0.0206. The lowest BCUT2D eigenvalue weighted by molar-refractivity contribution is 0.597. The predicted molar refractivity (Wildman–Crippen MR) is 76.5 cm³/mol. The molecular formula is C12H10BrN3O2S.